The number of primary amides is 1. The number of rotatable bonds is 5. The predicted molar refractivity (Wildman–Crippen MR) is 76.4 cm³/mol. The minimum absolute atomic E-state index is 0.160. The van der Waals surface area contributed by atoms with Crippen LogP contribution in [0.3, 0.4) is 0 Å². The van der Waals surface area contributed by atoms with E-state index in [1.807, 2.05) is 0 Å². The Morgan fingerprint density at radius 3 is 2.63 bits per heavy atom. The van der Waals surface area contributed by atoms with E-state index < -0.39 is 5.91 Å². The van der Waals surface area contributed by atoms with E-state index in [-0.39, 0.29) is 17.2 Å². The van der Waals surface area contributed by atoms with Crippen LogP contribution in [-0.4, -0.2) is 24.9 Å². The quantitative estimate of drug-likeness (QED) is 0.645. The molecule has 1 aromatic heterocycles. The zero-order valence-electron chi connectivity index (χ0n) is 10.9. The first kappa shape index (κ1) is 13.7. The van der Waals surface area contributed by atoms with Crippen molar-refractivity contribution in [1.82, 2.24) is 5.32 Å². The maximum absolute atomic E-state index is 11.7. The van der Waals surface area contributed by atoms with Crippen molar-refractivity contribution in [1.29, 1.82) is 0 Å². The summed E-state index contributed by atoms with van der Waals surface area (Å²) in [6.45, 7) is 2.13. The van der Waals surface area contributed by atoms with Crippen molar-refractivity contribution < 1.29 is 9.59 Å². The molecular weight excluding hydrogens is 264 g/mol. The molecule has 0 spiro atoms. The molecular formula is C12H18N4O2S. The summed E-state index contributed by atoms with van der Waals surface area (Å²) >= 11 is 1.18. The van der Waals surface area contributed by atoms with Gasteiger partial charge in [-0.25, -0.2) is 0 Å². The van der Waals surface area contributed by atoms with Gasteiger partial charge < -0.3 is 22.1 Å². The molecule has 1 fully saturated rings. The topological polar surface area (TPSA) is 110 Å². The van der Waals surface area contributed by atoms with Crippen molar-refractivity contribution >= 4 is 33.8 Å². The second-order valence-corrected chi connectivity index (χ2v) is 5.67. The largest absolute Gasteiger partial charge is 0.397 e. The molecule has 0 radical (unpaired) electrons. The van der Waals surface area contributed by atoms with Gasteiger partial charge in [-0.2, -0.15) is 0 Å². The number of nitrogen functional groups attached to an aromatic ring is 1. The van der Waals surface area contributed by atoms with Crippen molar-refractivity contribution in [3.63, 3.8) is 0 Å². The highest BCUT2D eigenvalue weighted by Crippen LogP contribution is 2.41. The van der Waals surface area contributed by atoms with Crippen LogP contribution in [0.4, 0.5) is 10.7 Å². The van der Waals surface area contributed by atoms with Gasteiger partial charge in [0.1, 0.15) is 9.88 Å². The van der Waals surface area contributed by atoms with E-state index in [9.17, 15) is 9.59 Å². The summed E-state index contributed by atoms with van der Waals surface area (Å²) in [6, 6.07) is 0.346. The van der Waals surface area contributed by atoms with E-state index in [0.29, 0.717) is 21.8 Å². The van der Waals surface area contributed by atoms with Gasteiger partial charge in [0.05, 0.1) is 11.3 Å². The summed E-state index contributed by atoms with van der Waals surface area (Å²) in [5.41, 5.74) is 11.6. The molecule has 1 aliphatic rings. The Labute approximate surface area is 115 Å². The predicted octanol–water partition coefficient (Wildman–Crippen LogP) is 0.999. The minimum Gasteiger partial charge on any atom is -0.397 e. The van der Waals surface area contributed by atoms with Gasteiger partial charge >= 0.3 is 0 Å². The SMILES string of the molecule is CCC1CC1Nc1sc(C(=O)NC)c(N)c1C(N)=O. The summed E-state index contributed by atoms with van der Waals surface area (Å²) in [5, 5.41) is 6.37. The van der Waals surface area contributed by atoms with Gasteiger partial charge in [-0.05, 0) is 12.3 Å². The van der Waals surface area contributed by atoms with Crippen LogP contribution in [-0.2, 0) is 0 Å². The van der Waals surface area contributed by atoms with Gasteiger partial charge in [-0.3, -0.25) is 9.59 Å². The van der Waals surface area contributed by atoms with E-state index in [4.69, 9.17) is 11.5 Å². The molecule has 1 saturated carbocycles. The highest BCUT2D eigenvalue weighted by molar-refractivity contribution is 7.19. The van der Waals surface area contributed by atoms with Crippen molar-refractivity contribution in [2.24, 2.45) is 11.7 Å². The number of carbonyl (C=O) groups is 2. The molecule has 2 rings (SSSR count). The Morgan fingerprint density at radius 2 is 2.16 bits per heavy atom. The average Bonchev–Trinajstić information content (AvgIpc) is 3.04. The Kier molecular flexibility index (Phi) is 3.66. The zero-order chi connectivity index (χ0) is 14.2. The second kappa shape index (κ2) is 5.08. The first-order valence-corrected chi connectivity index (χ1v) is 7.01. The molecule has 7 heteroatoms. The van der Waals surface area contributed by atoms with Crippen LogP contribution >= 0.6 is 11.3 Å². The van der Waals surface area contributed by atoms with Gasteiger partial charge in [0.2, 0.25) is 0 Å². The maximum Gasteiger partial charge on any atom is 0.263 e. The fourth-order valence-electron chi connectivity index (χ4n) is 2.12. The van der Waals surface area contributed by atoms with Crippen LogP contribution in [0.25, 0.3) is 0 Å². The van der Waals surface area contributed by atoms with Gasteiger partial charge in [-0.1, -0.05) is 13.3 Å². The molecule has 1 heterocycles. The van der Waals surface area contributed by atoms with E-state index in [1.165, 1.54) is 18.4 Å². The molecule has 0 saturated heterocycles. The van der Waals surface area contributed by atoms with Gasteiger partial charge in [0.25, 0.3) is 11.8 Å². The number of amides is 2. The van der Waals surface area contributed by atoms with Crippen molar-refractivity contribution in [2.45, 2.75) is 25.8 Å². The molecule has 2 amide bonds. The van der Waals surface area contributed by atoms with Crippen LogP contribution in [0.15, 0.2) is 0 Å². The number of nitrogens with one attached hydrogen (secondary N) is 2. The standard InChI is InChI=1S/C12H18N4O2S/c1-3-5-4-6(5)16-12-7(10(14)17)8(13)9(19-12)11(18)15-2/h5-6,16H,3-4,13H2,1-2H3,(H2,14,17)(H,15,18). The molecule has 6 N–H and O–H groups in total. The Bertz CT molecular complexity index is 526. The number of hydrogen-bond acceptors (Lipinski definition) is 5. The fourth-order valence-corrected chi connectivity index (χ4v) is 3.25. The van der Waals surface area contributed by atoms with E-state index in [0.717, 1.165) is 12.8 Å². The lowest BCUT2D eigenvalue weighted by molar-refractivity contribution is 0.0967. The summed E-state index contributed by atoms with van der Waals surface area (Å²) < 4.78 is 0. The first-order chi connectivity index (χ1) is 8.99. The lowest BCUT2D eigenvalue weighted by Gasteiger charge is -2.04. The molecule has 6 nitrogen and oxygen atoms in total. The number of anilines is 2. The fraction of sp³-hybridized carbons (Fsp3) is 0.500. The second-order valence-electron chi connectivity index (χ2n) is 4.65. The third kappa shape index (κ3) is 2.51. The van der Waals surface area contributed by atoms with Crippen LogP contribution < -0.4 is 22.1 Å². The smallest absolute Gasteiger partial charge is 0.263 e. The van der Waals surface area contributed by atoms with Crippen LogP contribution in [0, 0.1) is 5.92 Å². The molecule has 19 heavy (non-hydrogen) atoms. The van der Waals surface area contributed by atoms with Gasteiger partial charge in [-0.15, -0.1) is 11.3 Å². The monoisotopic (exact) mass is 282 g/mol. The van der Waals surface area contributed by atoms with Crippen LogP contribution in [0.2, 0.25) is 0 Å². The average molecular weight is 282 g/mol. The molecule has 1 aliphatic carbocycles. The van der Waals surface area contributed by atoms with Crippen LogP contribution in [0.1, 0.15) is 39.8 Å². The van der Waals surface area contributed by atoms with Crippen LogP contribution in [0.5, 0.6) is 0 Å². The highest BCUT2D eigenvalue weighted by Gasteiger charge is 2.37. The van der Waals surface area contributed by atoms with E-state index in [2.05, 4.69) is 17.6 Å². The molecule has 0 aromatic carbocycles. The normalized spacial score (nSPS) is 20.9. The number of nitrogens with two attached hydrogens (primary N) is 2. The lowest BCUT2D eigenvalue weighted by atomic mass is 10.2. The minimum atomic E-state index is -0.611. The summed E-state index contributed by atoms with van der Waals surface area (Å²) in [5.74, 6) is -0.298. The highest BCUT2D eigenvalue weighted by atomic mass is 32.1. The molecule has 0 bridgehead atoms. The molecule has 104 valence electrons. The Morgan fingerprint density at radius 1 is 1.47 bits per heavy atom. The summed E-state index contributed by atoms with van der Waals surface area (Å²) in [4.78, 5) is 23.5. The Hall–Kier alpha value is -1.76. The van der Waals surface area contributed by atoms with Gasteiger partial charge in [0, 0.05) is 13.1 Å². The molecule has 2 unspecified atom stereocenters. The lowest BCUT2D eigenvalue weighted by Crippen LogP contribution is -2.19. The number of thiophene rings is 1. The zero-order valence-corrected chi connectivity index (χ0v) is 11.8. The third-order valence-corrected chi connectivity index (χ3v) is 4.52. The Balaban J connectivity index is 2.31. The molecule has 0 aliphatic heterocycles. The van der Waals surface area contributed by atoms with E-state index in [1.54, 1.807) is 0 Å². The van der Waals surface area contributed by atoms with Crippen molar-refractivity contribution in [3.8, 4) is 0 Å². The number of carbonyl (C=O) groups excluding carboxylic acids is 2. The van der Waals surface area contributed by atoms with E-state index >= 15 is 0 Å². The molecule has 2 atom stereocenters. The van der Waals surface area contributed by atoms with Crippen molar-refractivity contribution in [2.75, 3.05) is 18.1 Å². The summed E-state index contributed by atoms with van der Waals surface area (Å²) in [7, 11) is 1.52. The maximum atomic E-state index is 11.7. The number of hydrogen-bond donors (Lipinski definition) is 4. The first-order valence-electron chi connectivity index (χ1n) is 6.20. The molecule has 1 aromatic rings. The van der Waals surface area contributed by atoms with Crippen molar-refractivity contribution in [3.05, 3.63) is 10.4 Å². The third-order valence-electron chi connectivity index (χ3n) is 3.39. The van der Waals surface area contributed by atoms with Gasteiger partial charge in [0.15, 0.2) is 0 Å². The summed E-state index contributed by atoms with van der Waals surface area (Å²) in [6.07, 6.45) is 2.16.